The fourth-order valence-corrected chi connectivity index (χ4v) is 1.06. The molecule has 0 radical (unpaired) electrons. The molecule has 1 aromatic heterocycles. The van der Waals surface area contributed by atoms with E-state index in [9.17, 15) is 4.79 Å². The average Bonchev–Trinajstić information content (AvgIpc) is 2.31. The van der Waals surface area contributed by atoms with Crippen LogP contribution in [0.5, 0.6) is 0 Å². The summed E-state index contributed by atoms with van der Waals surface area (Å²) >= 11 is 0. The third-order valence-corrected chi connectivity index (χ3v) is 1.58. The number of ketones is 1. The minimum Gasteiger partial charge on any atom is -0.298 e. The van der Waals surface area contributed by atoms with E-state index in [1.54, 1.807) is 4.68 Å². The molecule has 0 aromatic carbocycles. The van der Waals surface area contributed by atoms with Gasteiger partial charge in [-0.05, 0) is 17.4 Å². The standard InChI is InChI=1S/C8H14N4O/c1-6(13)5-12-7(8(2,3)4)9-10-11-12/h5H2,1-4H3. The second-order valence-electron chi connectivity index (χ2n) is 4.11. The van der Waals surface area contributed by atoms with Crippen molar-refractivity contribution in [3.63, 3.8) is 0 Å². The van der Waals surface area contributed by atoms with Crippen LogP contribution in [0.4, 0.5) is 0 Å². The topological polar surface area (TPSA) is 60.7 Å². The Bertz CT molecular complexity index is 310. The first-order chi connectivity index (χ1) is 5.91. The molecule has 1 heterocycles. The van der Waals surface area contributed by atoms with Crippen molar-refractivity contribution in [1.29, 1.82) is 0 Å². The Morgan fingerprint density at radius 3 is 2.54 bits per heavy atom. The van der Waals surface area contributed by atoms with Crippen LogP contribution in [-0.4, -0.2) is 26.0 Å². The molecule has 0 aliphatic rings. The largest absolute Gasteiger partial charge is 0.298 e. The Morgan fingerprint density at radius 1 is 1.46 bits per heavy atom. The zero-order valence-electron chi connectivity index (χ0n) is 8.40. The maximum Gasteiger partial charge on any atom is 0.157 e. The molecule has 1 aromatic rings. The lowest BCUT2D eigenvalue weighted by atomic mass is 9.96. The van der Waals surface area contributed by atoms with Gasteiger partial charge < -0.3 is 0 Å². The lowest BCUT2D eigenvalue weighted by molar-refractivity contribution is -0.117. The highest BCUT2D eigenvalue weighted by atomic mass is 16.1. The zero-order chi connectivity index (χ0) is 10.1. The van der Waals surface area contributed by atoms with Crippen molar-refractivity contribution < 1.29 is 4.79 Å². The molecule has 5 heteroatoms. The van der Waals surface area contributed by atoms with Gasteiger partial charge in [0.05, 0.1) is 0 Å². The fourth-order valence-electron chi connectivity index (χ4n) is 1.06. The van der Waals surface area contributed by atoms with Crippen molar-refractivity contribution in [2.45, 2.75) is 39.7 Å². The van der Waals surface area contributed by atoms with Crippen molar-refractivity contribution in [3.8, 4) is 0 Å². The number of nitrogens with zero attached hydrogens (tertiary/aromatic N) is 4. The highest BCUT2D eigenvalue weighted by Crippen LogP contribution is 2.18. The summed E-state index contributed by atoms with van der Waals surface area (Å²) in [5.74, 6) is 0.792. The van der Waals surface area contributed by atoms with Crippen LogP contribution in [0.1, 0.15) is 33.5 Å². The van der Waals surface area contributed by atoms with E-state index < -0.39 is 0 Å². The maximum atomic E-state index is 10.9. The third-order valence-electron chi connectivity index (χ3n) is 1.58. The first kappa shape index (κ1) is 9.83. The van der Waals surface area contributed by atoms with E-state index in [1.807, 2.05) is 20.8 Å². The van der Waals surface area contributed by atoms with Gasteiger partial charge in [-0.3, -0.25) is 4.79 Å². The van der Waals surface area contributed by atoms with Crippen LogP contribution in [0.15, 0.2) is 0 Å². The molecule has 0 amide bonds. The van der Waals surface area contributed by atoms with Gasteiger partial charge in [0.1, 0.15) is 6.54 Å². The normalized spacial score (nSPS) is 11.7. The summed E-state index contributed by atoms with van der Waals surface area (Å²) in [6.45, 7) is 7.80. The SMILES string of the molecule is CC(=O)Cn1nnnc1C(C)(C)C. The smallest absolute Gasteiger partial charge is 0.157 e. The summed E-state index contributed by atoms with van der Waals surface area (Å²) in [5.41, 5.74) is -0.126. The van der Waals surface area contributed by atoms with Gasteiger partial charge in [0.2, 0.25) is 0 Å². The molecule has 13 heavy (non-hydrogen) atoms. The van der Waals surface area contributed by atoms with Gasteiger partial charge in [-0.1, -0.05) is 20.8 Å². The minimum absolute atomic E-state index is 0.0535. The average molecular weight is 182 g/mol. The summed E-state index contributed by atoms with van der Waals surface area (Å²) in [6.07, 6.45) is 0. The maximum absolute atomic E-state index is 10.9. The van der Waals surface area contributed by atoms with E-state index >= 15 is 0 Å². The number of tetrazole rings is 1. The summed E-state index contributed by atoms with van der Waals surface area (Å²) < 4.78 is 1.54. The summed E-state index contributed by atoms with van der Waals surface area (Å²) in [4.78, 5) is 10.9. The molecule has 0 aliphatic carbocycles. The monoisotopic (exact) mass is 182 g/mol. The number of hydrogen-bond donors (Lipinski definition) is 0. The second kappa shape index (κ2) is 3.24. The molecule has 0 saturated carbocycles. The Balaban J connectivity index is 2.96. The van der Waals surface area contributed by atoms with Crippen LogP contribution in [-0.2, 0) is 16.8 Å². The van der Waals surface area contributed by atoms with Gasteiger partial charge >= 0.3 is 0 Å². The number of hydrogen-bond acceptors (Lipinski definition) is 4. The predicted octanol–water partition coefficient (Wildman–Crippen LogP) is 0.560. The first-order valence-corrected chi connectivity index (χ1v) is 4.17. The van der Waals surface area contributed by atoms with Crippen molar-refractivity contribution in [2.24, 2.45) is 0 Å². The molecule has 72 valence electrons. The molecular weight excluding hydrogens is 168 g/mol. The van der Waals surface area contributed by atoms with Crippen LogP contribution in [0.3, 0.4) is 0 Å². The quantitative estimate of drug-likeness (QED) is 0.670. The number of carbonyl (C=O) groups is 1. The number of carbonyl (C=O) groups excluding carboxylic acids is 1. The highest BCUT2D eigenvalue weighted by Gasteiger charge is 2.22. The van der Waals surface area contributed by atoms with Crippen LogP contribution < -0.4 is 0 Å². The zero-order valence-corrected chi connectivity index (χ0v) is 8.40. The Hall–Kier alpha value is -1.26. The van der Waals surface area contributed by atoms with E-state index in [4.69, 9.17) is 0 Å². The van der Waals surface area contributed by atoms with Gasteiger partial charge in [-0.15, -0.1) is 5.10 Å². The molecule has 5 nitrogen and oxygen atoms in total. The Kier molecular flexibility index (Phi) is 2.45. The lowest BCUT2D eigenvalue weighted by Gasteiger charge is -2.16. The van der Waals surface area contributed by atoms with E-state index in [0.717, 1.165) is 5.82 Å². The predicted molar refractivity (Wildman–Crippen MR) is 47.2 cm³/mol. The molecule has 1 rings (SSSR count). The number of Topliss-reactive ketones (excluding diaryl/α,β-unsaturated/α-hetero) is 1. The molecule has 0 aliphatic heterocycles. The van der Waals surface area contributed by atoms with E-state index in [-0.39, 0.29) is 17.7 Å². The van der Waals surface area contributed by atoms with Gasteiger partial charge in [-0.25, -0.2) is 4.68 Å². The van der Waals surface area contributed by atoms with Crippen molar-refractivity contribution in [1.82, 2.24) is 20.2 Å². The van der Waals surface area contributed by atoms with Gasteiger partial charge in [0.25, 0.3) is 0 Å². The van der Waals surface area contributed by atoms with Crippen LogP contribution in [0.25, 0.3) is 0 Å². The summed E-state index contributed by atoms with van der Waals surface area (Å²) in [7, 11) is 0. The number of rotatable bonds is 2. The van der Waals surface area contributed by atoms with Crippen molar-refractivity contribution in [3.05, 3.63) is 5.82 Å². The van der Waals surface area contributed by atoms with Crippen LogP contribution in [0, 0.1) is 0 Å². The number of aromatic nitrogens is 4. The van der Waals surface area contributed by atoms with E-state index in [0.29, 0.717) is 0 Å². The molecule has 0 saturated heterocycles. The molecule has 0 atom stereocenters. The lowest BCUT2D eigenvalue weighted by Crippen LogP contribution is -2.21. The Labute approximate surface area is 77.1 Å². The van der Waals surface area contributed by atoms with Gasteiger partial charge in [0.15, 0.2) is 11.6 Å². The summed E-state index contributed by atoms with van der Waals surface area (Å²) in [6, 6.07) is 0. The van der Waals surface area contributed by atoms with Crippen LogP contribution in [0.2, 0.25) is 0 Å². The second-order valence-corrected chi connectivity index (χ2v) is 4.11. The molecule has 0 N–H and O–H groups in total. The molecule has 0 unspecified atom stereocenters. The molecule has 0 bridgehead atoms. The fraction of sp³-hybridized carbons (Fsp3) is 0.750. The van der Waals surface area contributed by atoms with Crippen molar-refractivity contribution >= 4 is 5.78 Å². The van der Waals surface area contributed by atoms with E-state index in [2.05, 4.69) is 15.5 Å². The Morgan fingerprint density at radius 2 is 2.08 bits per heavy atom. The van der Waals surface area contributed by atoms with E-state index in [1.165, 1.54) is 6.92 Å². The van der Waals surface area contributed by atoms with Gasteiger partial charge in [0, 0.05) is 5.41 Å². The molecule has 0 spiro atoms. The van der Waals surface area contributed by atoms with Crippen LogP contribution >= 0.6 is 0 Å². The third kappa shape index (κ3) is 2.34. The molecular formula is C8H14N4O. The highest BCUT2D eigenvalue weighted by molar-refractivity contribution is 5.75. The molecule has 0 fully saturated rings. The summed E-state index contributed by atoms with van der Waals surface area (Å²) in [5, 5.41) is 11.2. The first-order valence-electron chi connectivity index (χ1n) is 4.17. The van der Waals surface area contributed by atoms with Crippen molar-refractivity contribution in [2.75, 3.05) is 0 Å². The van der Waals surface area contributed by atoms with Gasteiger partial charge in [-0.2, -0.15) is 0 Å². The minimum atomic E-state index is -0.126.